The van der Waals surface area contributed by atoms with Crippen molar-refractivity contribution in [3.63, 3.8) is 0 Å². The highest BCUT2D eigenvalue weighted by Crippen LogP contribution is 2.31. The summed E-state index contributed by atoms with van der Waals surface area (Å²) in [5.41, 5.74) is 1.63. The average Bonchev–Trinajstić information content (AvgIpc) is 3.04. The first kappa shape index (κ1) is 19.1. The Kier molecular flexibility index (Phi) is 5.55. The molecule has 0 bridgehead atoms. The van der Waals surface area contributed by atoms with E-state index in [1.165, 1.54) is 4.31 Å². The van der Waals surface area contributed by atoms with E-state index in [1.807, 2.05) is 19.1 Å². The number of amides is 1. The molecule has 1 amide bonds. The topological polar surface area (TPSA) is 76.2 Å². The summed E-state index contributed by atoms with van der Waals surface area (Å²) < 4.78 is 36.9. The van der Waals surface area contributed by atoms with Gasteiger partial charge in [-0.1, -0.05) is 17.7 Å². The molecule has 2 saturated heterocycles. The van der Waals surface area contributed by atoms with Gasteiger partial charge in [0.05, 0.1) is 25.2 Å². The van der Waals surface area contributed by atoms with Gasteiger partial charge in [-0.05, 0) is 19.1 Å². The molecule has 1 aromatic carbocycles. The van der Waals surface area contributed by atoms with Crippen LogP contribution < -0.4 is 4.31 Å². The number of ether oxygens (including phenoxy) is 2. The quantitative estimate of drug-likeness (QED) is 0.772. The number of carbonyl (C=O) groups excluding carboxylic acids is 1. The van der Waals surface area contributed by atoms with Gasteiger partial charge in [0, 0.05) is 38.9 Å². The maximum absolute atomic E-state index is 12.5. The second kappa shape index (κ2) is 7.54. The Labute approximate surface area is 154 Å². The van der Waals surface area contributed by atoms with Gasteiger partial charge in [-0.25, -0.2) is 8.42 Å². The molecule has 0 aromatic heterocycles. The van der Waals surface area contributed by atoms with Crippen molar-refractivity contribution in [2.24, 2.45) is 0 Å². The van der Waals surface area contributed by atoms with Crippen LogP contribution in [0.3, 0.4) is 0 Å². The normalized spacial score (nSPS) is 19.7. The van der Waals surface area contributed by atoms with E-state index in [0.717, 1.165) is 11.8 Å². The number of hydrogen-bond donors (Lipinski definition) is 0. The lowest BCUT2D eigenvalue weighted by Gasteiger charge is -2.37. The summed E-state index contributed by atoms with van der Waals surface area (Å²) in [5, 5.41) is 0. The Morgan fingerprint density at radius 2 is 1.73 bits per heavy atom. The minimum Gasteiger partial charge on any atom is -0.347 e. The van der Waals surface area contributed by atoms with Crippen LogP contribution in [0.1, 0.15) is 24.8 Å². The summed E-state index contributed by atoms with van der Waals surface area (Å²) in [6.07, 6.45) is 2.63. The van der Waals surface area contributed by atoms with Gasteiger partial charge in [0.1, 0.15) is 0 Å². The van der Waals surface area contributed by atoms with E-state index in [1.54, 1.807) is 17.0 Å². The predicted octanol–water partition coefficient (Wildman–Crippen LogP) is 1.52. The second-order valence-electron chi connectivity index (χ2n) is 6.91. The van der Waals surface area contributed by atoms with Crippen molar-refractivity contribution in [1.82, 2.24) is 4.90 Å². The van der Waals surface area contributed by atoms with Gasteiger partial charge in [-0.2, -0.15) is 0 Å². The number of piperidine rings is 1. The fourth-order valence-electron chi connectivity index (χ4n) is 3.44. The monoisotopic (exact) mass is 382 g/mol. The number of hydrogen-bond acceptors (Lipinski definition) is 5. The van der Waals surface area contributed by atoms with Gasteiger partial charge in [0.2, 0.25) is 15.9 Å². The van der Waals surface area contributed by atoms with E-state index in [9.17, 15) is 13.2 Å². The van der Waals surface area contributed by atoms with Crippen molar-refractivity contribution in [3.05, 3.63) is 29.8 Å². The smallest absolute Gasteiger partial charge is 0.232 e. The molecule has 7 nitrogen and oxygen atoms in total. The zero-order valence-electron chi connectivity index (χ0n) is 15.3. The summed E-state index contributed by atoms with van der Waals surface area (Å²) in [7, 11) is -3.45. The minimum absolute atomic E-state index is 0.0430. The van der Waals surface area contributed by atoms with Crippen LogP contribution in [0, 0.1) is 6.92 Å². The van der Waals surface area contributed by atoms with Gasteiger partial charge in [-0.15, -0.1) is 0 Å². The SMILES string of the molecule is Cc1ccc(N(CCC(=O)N2CCC3(CC2)OCCO3)S(C)(=O)=O)cc1. The molecule has 8 heteroatoms. The maximum atomic E-state index is 12.5. The number of aryl methyl sites for hydroxylation is 1. The van der Waals surface area contributed by atoms with Gasteiger partial charge < -0.3 is 14.4 Å². The number of carbonyl (C=O) groups is 1. The van der Waals surface area contributed by atoms with Crippen LogP contribution in [0.2, 0.25) is 0 Å². The number of rotatable bonds is 5. The Morgan fingerprint density at radius 3 is 2.27 bits per heavy atom. The third-order valence-corrected chi connectivity index (χ3v) is 6.14. The summed E-state index contributed by atoms with van der Waals surface area (Å²) in [4.78, 5) is 14.3. The third-order valence-electron chi connectivity index (χ3n) is 4.94. The molecule has 2 aliphatic heterocycles. The van der Waals surface area contributed by atoms with E-state index < -0.39 is 15.8 Å². The van der Waals surface area contributed by atoms with Crippen molar-refractivity contribution >= 4 is 21.6 Å². The maximum Gasteiger partial charge on any atom is 0.232 e. The van der Waals surface area contributed by atoms with Crippen LogP contribution in [0.4, 0.5) is 5.69 Å². The van der Waals surface area contributed by atoms with Crippen molar-refractivity contribution in [1.29, 1.82) is 0 Å². The molecular weight excluding hydrogens is 356 g/mol. The molecule has 26 heavy (non-hydrogen) atoms. The molecule has 2 heterocycles. The van der Waals surface area contributed by atoms with Crippen molar-refractivity contribution in [3.8, 4) is 0 Å². The first-order chi connectivity index (χ1) is 12.3. The first-order valence-electron chi connectivity index (χ1n) is 8.89. The molecular formula is C18H26N2O5S. The molecule has 144 valence electrons. The molecule has 0 aliphatic carbocycles. The molecule has 0 radical (unpaired) electrons. The lowest BCUT2D eigenvalue weighted by atomic mass is 10.0. The highest BCUT2D eigenvalue weighted by atomic mass is 32.2. The van der Waals surface area contributed by atoms with Gasteiger partial charge >= 0.3 is 0 Å². The average molecular weight is 382 g/mol. The standard InChI is InChI=1S/C18H26N2O5S/c1-15-3-5-16(6-4-15)20(26(2,22)23)10-7-17(21)19-11-8-18(9-12-19)24-13-14-25-18/h3-6H,7-14H2,1-2H3. The van der Waals surface area contributed by atoms with Crippen LogP contribution in [0.15, 0.2) is 24.3 Å². The second-order valence-corrected chi connectivity index (χ2v) is 8.82. The van der Waals surface area contributed by atoms with Crippen LogP contribution in [0.25, 0.3) is 0 Å². The zero-order valence-corrected chi connectivity index (χ0v) is 16.1. The Morgan fingerprint density at radius 1 is 1.15 bits per heavy atom. The minimum atomic E-state index is -3.45. The summed E-state index contributed by atoms with van der Waals surface area (Å²) in [6.45, 7) is 4.43. The van der Waals surface area contributed by atoms with Gasteiger partial charge in [-0.3, -0.25) is 9.10 Å². The Hall–Kier alpha value is -1.64. The predicted molar refractivity (Wildman–Crippen MR) is 98.4 cm³/mol. The van der Waals surface area contributed by atoms with Gasteiger partial charge in [0.15, 0.2) is 5.79 Å². The van der Waals surface area contributed by atoms with Crippen LogP contribution in [-0.2, 0) is 24.3 Å². The molecule has 1 spiro atoms. The number of anilines is 1. The van der Waals surface area contributed by atoms with E-state index in [0.29, 0.717) is 44.8 Å². The summed E-state index contributed by atoms with van der Waals surface area (Å²) >= 11 is 0. The molecule has 0 N–H and O–H groups in total. The van der Waals surface area contributed by atoms with E-state index in [4.69, 9.17) is 9.47 Å². The lowest BCUT2D eigenvalue weighted by molar-refractivity contribution is -0.187. The summed E-state index contributed by atoms with van der Waals surface area (Å²) in [6, 6.07) is 7.25. The fourth-order valence-corrected chi connectivity index (χ4v) is 4.36. The van der Waals surface area contributed by atoms with Gasteiger partial charge in [0.25, 0.3) is 0 Å². The van der Waals surface area contributed by atoms with Crippen LogP contribution in [-0.4, -0.2) is 64.1 Å². The highest BCUT2D eigenvalue weighted by molar-refractivity contribution is 7.92. The number of benzene rings is 1. The molecule has 0 unspecified atom stereocenters. The Bertz CT molecular complexity index is 731. The first-order valence-corrected chi connectivity index (χ1v) is 10.7. The zero-order chi connectivity index (χ0) is 18.8. The number of likely N-dealkylation sites (tertiary alicyclic amines) is 1. The molecule has 3 rings (SSSR count). The van der Waals surface area contributed by atoms with Crippen molar-refractivity contribution in [2.45, 2.75) is 32.0 Å². The molecule has 0 atom stereocenters. The number of sulfonamides is 1. The van der Waals surface area contributed by atoms with Crippen LogP contribution in [0.5, 0.6) is 0 Å². The third kappa shape index (κ3) is 4.36. The molecule has 0 saturated carbocycles. The van der Waals surface area contributed by atoms with E-state index in [2.05, 4.69) is 0 Å². The van der Waals surface area contributed by atoms with E-state index >= 15 is 0 Å². The molecule has 2 fully saturated rings. The van der Waals surface area contributed by atoms with Crippen LogP contribution >= 0.6 is 0 Å². The summed E-state index contributed by atoms with van der Waals surface area (Å²) in [5.74, 6) is -0.559. The Balaban J connectivity index is 1.59. The molecule has 1 aromatic rings. The lowest BCUT2D eigenvalue weighted by Crippen LogP contribution is -2.48. The number of nitrogens with zero attached hydrogens (tertiary/aromatic N) is 2. The van der Waals surface area contributed by atoms with E-state index in [-0.39, 0.29) is 18.9 Å². The van der Waals surface area contributed by atoms with Crippen molar-refractivity contribution in [2.75, 3.05) is 43.4 Å². The largest absolute Gasteiger partial charge is 0.347 e. The van der Waals surface area contributed by atoms with Crippen molar-refractivity contribution < 1.29 is 22.7 Å². The fraction of sp³-hybridized carbons (Fsp3) is 0.611. The molecule has 2 aliphatic rings. The highest BCUT2D eigenvalue weighted by Gasteiger charge is 2.40.